The number of hydrogen-bond acceptors (Lipinski definition) is 4. The molecule has 2 aromatic carbocycles. The number of carbonyl (C=O) groups is 1. The van der Waals surface area contributed by atoms with Crippen molar-refractivity contribution in [3.63, 3.8) is 0 Å². The third-order valence-electron chi connectivity index (χ3n) is 3.39. The van der Waals surface area contributed by atoms with Gasteiger partial charge in [0.05, 0.1) is 17.7 Å². The molecule has 26 heavy (non-hydrogen) atoms. The maximum absolute atomic E-state index is 12.2. The van der Waals surface area contributed by atoms with E-state index in [-0.39, 0.29) is 6.54 Å². The van der Waals surface area contributed by atoms with Crippen LogP contribution in [0.3, 0.4) is 0 Å². The molecule has 0 heterocycles. The van der Waals surface area contributed by atoms with Crippen molar-refractivity contribution in [2.45, 2.75) is 6.92 Å². The summed E-state index contributed by atoms with van der Waals surface area (Å²) in [4.78, 5) is 12.2. The van der Waals surface area contributed by atoms with E-state index in [0.717, 1.165) is 20.6 Å². The molecule has 0 radical (unpaired) electrons. The number of sulfonamides is 1. The summed E-state index contributed by atoms with van der Waals surface area (Å²) >= 11 is 6.65. The van der Waals surface area contributed by atoms with Crippen molar-refractivity contribution >= 4 is 59.2 Å². The molecule has 0 unspecified atom stereocenters. The first kappa shape index (κ1) is 20.6. The Balaban J connectivity index is 2.12. The van der Waals surface area contributed by atoms with Gasteiger partial charge in [-0.15, -0.1) is 0 Å². The van der Waals surface area contributed by atoms with E-state index in [1.165, 1.54) is 0 Å². The zero-order chi connectivity index (χ0) is 19.3. The molecule has 2 aromatic rings. The highest BCUT2D eigenvalue weighted by molar-refractivity contribution is 9.10. The SMILES string of the molecule is C/C(=N\NC(=O)CN(c1cccc(Br)c1)S(C)(=O)=O)c1ccc(Br)cc1. The Morgan fingerprint density at radius 1 is 1.12 bits per heavy atom. The van der Waals surface area contributed by atoms with Crippen LogP contribution in [-0.4, -0.2) is 32.8 Å². The molecule has 0 saturated heterocycles. The van der Waals surface area contributed by atoms with E-state index in [1.54, 1.807) is 31.2 Å². The second kappa shape index (κ2) is 8.79. The minimum absolute atomic E-state index is 0.369. The molecule has 0 saturated carbocycles. The summed E-state index contributed by atoms with van der Waals surface area (Å²) in [6.07, 6.45) is 1.05. The van der Waals surface area contributed by atoms with Crippen LogP contribution >= 0.6 is 31.9 Å². The first-order chi connectivity index (χ1) is 12.2. The Labute approximate surface area is 169 Å². The predicted molar refractivity (Wildman–Crippen MR) is 111 cm³/mol. The van der Waals surface area contributed by atoms with Gasteiger partial charge in [0.2, 0.25) is 10.0 Å². The van der Waals surface area contributed by atoms with Crippen LogP contribution in [0.1, 0.15) is 12.5 Å². The molecule has 0 aliphatic carbocycles. The van der Waals surface area contributed by atoms with E-state index in [9.17, 15) is 13.2 Å². The standard InChI is InChI=1S/C17H17Br2N3O3S/c1-12(13-6-8-14(18)9-7-13)20-21-17(23)11-22(26(2,24)25)16-5-3-4-15(19)10-16/h3-10H,11H2,1-2H3,(H,21,23)/b20-12+. The lowest BCUT2D eigenvalue weighted by Gasteiger charge is -2.21. The monoisotopic (exact) mass is 501 g/mol. The van der Waals surface area contributed by atoms with Gasteiger partial charge < -0.3 is 0 Å². The summed E-state index contributed by atoms with van der Waals surface area (Å²) in [5.41, 5.74) is 4.25. The van der Waals surface area contributed by atoms with E-state index in [0.29, 0.717) is 15.9 Å². The third-order valence-corrected chi connectivity index (χ3v) is 5.56. The number of hydrogen-bond donors (Lipinski definition) is 1. The molecule has 6 nitrogen and oxygen atoms in total. The predicted octanol–water partition coefficient (Wildman–Crippen LogP) is 3.52. The van der Waals surface area contributed by atoms with Gasteiger partial charge in [0.1, 0.15) is 6.54 Å². The van der Waals surface area contributed by atoms with Crippen molar-refractivity contribution < 1.29 is 13.2 Å². The Kier molecular flexibility index (Phi) is 6.96. The summed E-state index contributed by atoms with van der Waals surface area (Å²) < 4.78 is 26.8. The van der Waals surface area contributed by atoms with Gasteiger partial charge in [-0.3, -0.25) is 9.10 Å². The molecular weight excluding hydrogens is 486 g/mol. The molecular formula is C17H17Br2N3O3S. The first-order valence-electron chi connectivity index (χ1n) is 7.49. The summed E-state index contributed by atoms with van der Waals surface area (Å²) in [5, 5.41) is 4.04. The van der Waals surface area contributed by atoms with Crippen LogP contribution in [0, 0.1) is 0 Å². The number of nitrogens with one attached hydrogen (secondary N) is 1. The van der Waals surface area contributed by atoms with Gasteiger partial charge in [0.15, 0.2) is 0 Å². The molecule has 0 fully saturated rings. The molecule has 138 valence electrons. The maximum atomic E-state index is 12.2. The van der Waals surface area contributed by atoms with Crippen molar-refractivity contribution in [3.05, 3.63) is 63.0 Å². The first-order valence-corrected chi connectivity index (χ1v) is 10.9. The highest BCUT2D eigenvalue weighted by Gasteiger charge is 2.21. The molecule has 0 bridgehead atoms. The summed E-state index contributed by atoms with van der Waals surface area (Å²) in [6.45, 7) is 1.39. The second-order valence-corrected chi connectivity index (χ2v) is 9.23. The molecule has 1 N–H and O–H groups in total. The van der Waals surface area contributed by atoms with Crippen molar-refractivity contribution in [1.29, 1.82) is 0 Å². The van der Waals surface area contributed by atoms with Crippen molar-refractivity contribution in [2.75, 3.05) is 17.1 Å². The van der Waals surface area contributed by atoms with Gasteiger partial charge in [-0.1, -0.05) is 50.1 Å². The van der Waals surface area contributed by atoms with Crippen molar-refractivity contribution in [1.82, 2.24) is 5.43 Å². The van der Waals surface area contributed by atoms with Gasteiger partial charge in [0, 0.05) is 8.95 Å². The third kappa shape index (κ3) is 5.93. The summed E-state index contributed by atoms with van der Waals surface area (Å²) in [7, 11) is -3.63. The number of rotatable bonds is 6. The van der Waals surface area contributed by atoms with Crippen molar-refractivity contribution in [3.8, 4) is 0 Å². The zero-order valence-electron chi connectivity index (χ0n) is 14.1. The Bertz CT molecular complexity index is 929. The number of benzene rings is 2. The minimum Gasteiger partial charge on any atom is -0.271 e. The van der Waals surface area contributed by atoms with Gasteiger partial charge in [0.25, 0.3) is 5.91 Å². The van der Waals surface area contributed by atoms with E-state index in [2.05, 4.69) is 42.4 Å². The number of hydrazone groups is 1. The highest BCUT2D eigenvalue weighted by atomic mass is 79.9. The quantitative estimate of drug-likeness (QED) is 0.484. The lowest BCUT2D eigenvalue weighted by Crippen LogP contribution is -2.39. The average Bonchev–Trinajstić information content (AvgIpc) is 2.57. The summed E-state index contributed by atoms with van der Waals surface area (Å²) in [5.74, 6) is -0.535. The minimum atomic E-state index is -3.63. The van der Waals surface area contributed by atoms with Crippen molar-refractivity contribution in [2.24, 2.45) is 5.10 Å². The van der Waals surface area contributed by atoms with Gasteiger partial charge in [-0.25, -0.2) is 13.8 Å². The normalized spacial score (nSPS) is 11.9. The molecule has 0 aliphatic rings. The number of carbonyl (C=O) groups excluding carboxylic acids is 1. The molecule has 0 aliphatic heterocycles. The van der Waals surface area contributed by atoms with E-state index in [4.69, 9.17) is 0 Å². The van der Waals surface area contributed by atoms with Crippen LogP contribution in [-0.2, 0) is 14.8 Å². The van der Waals surface area contributed by atoms with Gasteiger partial charge >= 0.3 is 0 Å². The average molecular weight is 503 g/mol. The Morgan fingerprint density at radius 2 is 1.77 bits per heavy atom. The topological polar surface area (TPSA) is 78.8 Å². The van der Waals surface area contributed by atoms with Crippen LogP contribution in [0.4, 0.5) is 5.69 Å². The highest BCUT2D eigenvalue weighted by Crippen LogP contribution is 2.21. The lowest BCUT2D eigenvalue weighted by molar-refractivity contribution is -0.119. The number of halogens is 2. The molecule has 0 spiro atoms. The number of anilines is 1. The van der Waals surface area contributed by atoms with E-state index < -0.39 is 15.9 Å². The van der Waals surface area contributed by atoms with Crippen LogP contribution in [0.2, 0.25) is 0 Å². The Hall–Kier alpha value is -1.71. The molecule has 0 aromatic heterocycles. The van der Waals surface area contributed by atoms with E-state index >= 15 is 0 Å². The van der Waals surface area contributed by atoms with Gasteiger partial charge in [-0.2, -0.15) is 5.10 Å². The number of amides is 1. The fraction of sp³-hybridized carbons (Fsp3) is 0.176. The number of nitrogens with zero attached hydrogens (tertiary/aromatic N) is 2. The fourth-order valence-electron chi connectivity index (χ4n) is 2.10. The van der Waals surface area contributed by atoms with Gasteiger partial charge in [-0.05, 0) is 42.8 Å². The smallest absolute Gasteiger partial charge is 0.260 e. The summed E-state index contributed by atoms with van der Waals surface area (Å²) in [6, 6.07) is 14.2. The molecule has 1 amide bonds. The largest absolute Gasteiger partial charge is 0.271 e. The van der Waals surface area contributed by atoms with Crippen LogP contribution in [0.15, 0.2) is 62.6 Å². The van der Waals surface area contributed by atoms with Crippen LogP contribution in [0.5, 0.6) is 0 Å². The Morgan fingerprint density at radius 3 is 2.35 bits per heavy atom. The fourth-order valence-corrected chi connectivity index (χ4v) is 3.60. The van der Waals surface area contributed by atoms with E-state index in [1.807, 2.05) is 24.3 Å². The second-order valence-electron chi connectivity index (χ2n) is 5.49. The zero-order valence-corrected chi connectivity index (χ0v) is 18.1. The molecule has 0 atom stereocenters. The lowest BCUT2D eigenvalue weighted by atomic mass is 10.1. The molecule has 2 rings (SSSR count). The maximum Gasteiger partial charge on any atom is 0.260 e. The van der Waals surface area contributed by atoms with Crippen LogP contribution in [0.25, 0.3) is 0 Å². The van der Waals surface area contributed by atoms with Crippen LogP contribution < -0.4 is 9.73 Å². The molecule has 9 heteroatoms.